The molecule has 11 heteroatoms. The van der Waals surface area contributed by atoms with Crippen LogP contribution in [0.3, 0.4) is 0 Å². The molecule has 2 aromatic carbocycles. The molecule has 0 bridgehead atoms. The highest BCUT2D eigenvalue weighted by Gasteiger charge is 2.30. The summed E-state index contributed by atoms with van der Waals surface area (Å²) in [6.07, 6.45) is -4.33. The second kappa shape index (κ2) is 8.71. The van der Waals surface area contributed by atoms with E-state index in [9.17, 15) is 22.8 Å². The van der Waals surface area contributed by atoms with Crippen LogP contribution in [0.15, 0.2) is 36.4 Å². The number of thiazole rings is 1. The molecule has 0 unspecified atom stereocenters. The molecule has 2 heterocycles. The number of fused-ring (bicyclic) bond motifs is 2. The number of aryl methyl sites for hydroxylation is 1. The van der Waals surface area contributed by atoms with Crippen molar-refractivity contribution < 1.29 is 22.8 Å². The number of nitrogens with one attached hydrogen (secondary N) is 1. The molecule has 0 saturated carbocycles. The zero-order valence-corrected chi connectivity index (χ0v) is 19.7. The summed E-state index contributed by atoms with van der Waals surface area (Å²) in [5, 5.41) is 3.46. The number of benzene rings is 2. The monoisotopic (exact) mass is 489 g/mol. The summed E-state index contributed by atoms with van der Waals surface area (Å²) in [5.74, 6) is -0.268. The fraction of sp³-hybridized carbons (Fsp3) is 0.304. The first-order valence-corrected chi connectivity index (χ1v) is 11.2. The third-order valence-electron chi connectivity index (χ3n) is 5.49. The van der Waals surface area contributed by atoms with Gasteiger partial charge >= 0.3 is 6.18 Å². The van der Waals surface area contributed by atoms with Gasteiger partial charge in [0.15, 0.2) is 10.9 Å². The highest BCUT2D eigenvalue weighted by molar-refractivity contribution is 7.22. The zero-order chi connectivity index (χ0) is 24.8. The van der Waals surface area contributed by atoms with Crippen molar-refractivity contribution in [3.8, 4) is 0 Å². The molecule has 0 saturated heterocycles. The quantitative estimate of drug-likeness (QED) is 0.375. The number of nitrogens with zero attached hydrogens (tertiary/aromatic N) is 4. The molecule has 0 aliphatic rings. The Morgan fingerprint density at radius 1 is 1.12 bits per heavy atom. The Labute approximate surface area is 197 Å². The Balaban J connectivity index is 1.58. The van der Waals surface area contributed by atoms with Crippen LogP contribution in [0.5, 0.6) is 0 Å². The highest BCUT2D eigenvalue weighted by atomic mass is 32.1. The molecule has 2 aromatic heterocycles. The van der Waals surface area contributed by atoms with E-state index in [1.54, 1.807) is 50.8 Å². The fourth-order valence-corrected chi connectivity index (χ4v) is 4.56. The summed E-state index contributed by atoms with van der Waals surface area (Å²) in [5.41, 5.74) is 1.51. The highest BCUT2D eigenvalue weighted by Crippen LogP contribution is 2.35. The SMILES string of the molecule is C[C@H](CC(=O)c1ccc2c(c1)nc(Nc1nc3ccc(C(F)(F)F)cc3s1)n2C)C(=O)N(C)C. The Kier molecular flexibility index (Phi) is 6.07. The van der Waals surface area contributed by atoms with Gasteiger partial charge in [0, 0.05) is 39.0 Å². The van der Waals surface area contributed by atoms with E-state index in [-0.39, 0.29) is 18.1 Å². The zero-order valence-electron chi connectivity index (χ0n) is 18.9. The lowest BCUT2D eigenvalue weighted by molar-refractivity contribution is -0.137. The van der Waals surface area contributed by atoms with Crippen LogP contribution in [0.2, 0.25) is 0 Å². The lowest BCUT2D eigenvalue weighted by Gasteiger charge is -2.16. The van der Waals surface area contributed by atoms with Crippen LogP contribution < -0.4 is 5.32 Å². The number of halogens is 3. The normalized spacial score (nSPS) is 12.8. The number of carbonyl (C=O) groups excluding carboxylic acids is 2. The Bertz CT molecular complexity index is 1410. The summed E-state index contributed by atoms with van der Waals surface area (Å²) in [7, 11) is 5.09. The van der Waals surface area contributed by atoms with Gasteiger partial charge in [-0.1, -0.05) is 18.3 Å². The number of imidazole rings is 1. The molecule has 0 spiro atoms. The van der Waals surface area contributed by atoms with Gasteiger partial charge in [0.25, 0.3) is 0 Å². The third kappa shape index (κ3) is 4.60. The Morgan fingerprint density at radius 3 is 2.53 bits per heavy atom. The standard InChI is InChI=1S/C23H22F3N5O2S/c1-12(20(33)30(2)3)9-18(32)13-5-8-17-16(10-13)27-21(31(17)4)29-22-28-15-7-6-14(23(24,25)26)11-19(15)34-22/h5-8,10-12H,9H2,1-4H3,(H,27,28,29)/t12-/m1/s1. The van der Waals surface area contributed by atoms with Crippen molar-refractivity contribution in [3.05, 3.63) is 47.5 Å². The number of amides is 1. The van der Waals surface area contributed by atoms with E-state index in [4.69, 9.17) is 0 Å². The second-order valence-electron chi connectivity index (χ2n) is 8.28. The first-order valence-electron chi connectivity index (χ1n) is 10.4. The van der Waals surface area contributed by atoms with Crippen LogP contribution in [0.25, 0.3) is 21.3 Å². The van der Waals surface area contributed by atoms with E-state index in [0.717, 1.165) is 29.0 Å². The Hall–Kier alpha value is -3.47. The number of carbonyl (C=O) groups is 2. The molecule has 1 amide bonds. The molecule has 0 aliphatic carbocycles. The van der Waals surface area contributed by atoms with Gasteiger partial charge < -0.3 is 14.8 Å². The largest absolute Gasteiger partial charge is 0.416 e. The molecule has 1 N–H and O–H groups in total. The van der Waals surface area contributed by atoms with Crippen molar-refractivity contribution in [1.82, 2.24) is 19.4 Å². The predicted octanol–water partition coefficient (Wildman–Crippen LogP) is 5.24. The number of hydrogen-bond donors (Lipinski definition) is 1. The van der Waals surface area contributed by atoms with E-state index in [1.165, 1.54) is 11.0 Å². The predicted molar refractivity (Wildman–Crippen MR) is 125 cm³/mol. The molecule has 4 rings (SSSR count). The van der Waals surface area contributed by atoms with Crippen molar-refractivity contribution in [3.63, 3.8) is 0 Å². The van der Waals surface area contributed by atoms with E-state index in [0.29, 0.717) is 32.4 Å². The molecular formula is C23H22F3N5O2S. The summed E-state index contributed by atoms with van der Waals surface area (Å²) in [4.78, 5) is 35.1. The first-order chi connectivity index (χ1) is 15.9. The maximum absolute atomic E-state index is 13.0. The summed E-state index contributed by atoms with van der Waals surface area (Å²) in [6.45, 7) is 1.72. The maximum atomic E-state index is 13.0. The number of alkyl halides is 3. The summed E-state index contributed by atoms with van der Waals surface area (Å²) >= 11 is 1.10. The molecule has 0 fully saturated rings. The van der Waals surface area contributed by atoms with Crippen molar-refractivity contribution >= 4 is 55.4 Å². The molecule has 4 aromatic rings. The topological polar surface area (TPSA) is 80.1 Å². The van der Waals surface area contributed by atoms with Gasteiger partial charge in [0.1, 0.15) is 0 Å². The van der Waals surface area contributed by atoms with Gasteiger partial charge in [-0.15, -0.1) is 0 Å². The second-order valence-corrected chi connectivity index (χ2v) is 9.31. The van der Waals surface area contributed by atoms with Gasteiger partial charge in [0.2, 0.25) is 11.9 Å². The molecule has 0 aliphatic heterocycles. The average molecular weight is 490 g/mol. The number of aromatic nitrogens is 3. The van der Waals surface area contributed by atoms with Crippen LogP contribution in [-0.4, -0.2) is 45.2 Å². The molecule has 0 radical (unpaired) electrons. The molecule has 178 valence electrons. The number of ketones is 1. The van der Waals surface area contributed by atoms with Gasteiger partial charge in [-0.25, -0.2) is 9.97 Å². The van der Waals surface area contributed by atoms with E-state index >= 15 is 0 Å². The number of hydrogen-bond acceptors (Lipinski definition) is 6. The summed E-state index contributed by atoms with van der Waals surface area (Å²) < 4.78 is 41.1. The maximum Gasteiger partial charge on any atom is 0.416 e. The van der Waals surface area contributed by atoms with Gasteiger partial charge in [-0.2, -0.15) is 13.2 Å². The minimum absolute atomic E-state index is 0.0894. The van der Waals surface area contributed by atoms with Crippen molar-refractivity contribution in [2.45, 2.75) is 19.5 Å². The van der Waals surface area contributed by atoms with Gasteiger partial charge in [-0.05, 0) is 36.4 Å². The summed E-state index contributed by atoms with van der Waals surface area (Å²) in [6, 6.07) is 8.56. The van der Waals surface area contributed by atoms with Crippen LogP contribution in [0.1, 0.15) is 29.3 Å². The van der Waals surface area contributed by atoms with E-state index < -0.39 is 17.7 Å². The average Bonchev–Trinajstić information content (AvgIpc) is 3.31. The van der Waals surface area contributed by atoms with Crippen LogP contribution in [0, 0.1) is 5.92 Å². The van der Waals surface area contributed by atoms with Gasteiger partial charge in [0.05, 0.1) is 26.8 Å². The van der Waals surface area contributed by atoms with Gasteiger partial charge in [-0.3, -0.25) is 9.59 Å². The molecule has 34 heavy (non-hydrogen) atoms. The number of rotatable bonds is 6. The fourth-order valence-electron chi connectivity index (χ4n) is 3.66. The number of Topliss-reactive ketones (excluding diaryl/α,β-unsaturated/α-hetero) is 1. The molecule has 7 nitrogen and oxygen atoms in total. The van der Waals surface area contributed by atoms with Crippen molar-refractivity contribution in [1.29, 1.82) is 0 Å². The van der Waals surface area contributed by atoms with Crippen molar-refractivity contribution in [2.24, 2.45) is 13.0 Å². The Morgan fingerprint density at radius 2 is 1.85 bits per heavy atom. The van der Waals surface area contributed by atoms with Crippen molar-refractivity contribution in [2.75, 3.05) is 19.4 Å². The molecular weight excluding hydrogens is 467 g/mol. The smallest absolute Gasteiger partial charge is 0.349 e. The minimum atomic E-state index is -4.42. The molecule has 1 atom stereocenters. The third-order valence-corrected chi connectivity index (χ3v) is 6.42. The van der Waals surface area contributed by atoms with Crippen LogP contribution in [0.4, 0.5) is 24.3 Å². The van der Waals surface area contributed by atoms with E-state index in [1.807, 2.05) is 0 Å². The first kappa shape index (κ1) is 23.7. The number of anilines is 2. The lowest BCUT2D eigenvalue weighted by atomic mass is 9.98. The van der Waals surface area contributed by atoms with E-state index in [2.05, 4.69) is 15.3 Å². The lowest BCUT2D eigenvalue weighted by Crippen LogP contribution is -2.29. The minimum Gasteiger partial charge on any atom is -0.349 e. The van der Waals surface area contributed by atoms with Crippen LogP contribution in [-0.2, 0) is 18.0 Å². The van der Waals surface area contributed by atoms with Crippen LogP contribution >= 0.6 is 11.3 Å².